The van der Waals surface area contributed by atoms with Crippen LogP contribution in [0.2, 0.25) is 0 Å². The number of rotatable bonds is 10. The van der Waals surface area contributed by atoms with Crippen molar-refractivity contribution in [1.82, 2.24) is 9.13 Å². The number of aromatic nitrogens is 2. The van der Waals surface area contributed by atoms with E-state index in [0.717, 1.165) is 54.4 Å². The molecule has 0 aliphatic heterocycles. The molecule has 0 bridgehead atoms. The Balaban J connectivity index is 1.46. The highest BCUT2D eigenvalue weighted by Crippen LogP contribution is 2.52. The summed E-state index contributed by atoms with van der Waals surface area (Å²) in [6, 6.07) is 15.2. The summed E-state index contributed by atoms with van der Waals surface area (Å²) in [6.07, 6.45) is 1.68. The van der Waals surface area contributed by atoms with E-state index in [1.807, 2.05) is 52.2 Å². The predicted molar refractivity (Wildman–Crippen MR) is 187 cm³/mol. The normalized spacial score (nSPS) is 10.9. The monoisotopic (exact) mass is 680 g/mol. The maximum Gasteiger partial charge on any atom is 0.219 e. The molecule has 0 aliphatic carbocycles. The van der Waals surface area contributed by atoms with Gasteiger partial charge in [-0.3, -0.25) is 0 Å². The molecule has 10 nitrogen and oxygen atoms in total. The lowest BCUT2D eigenvalue weighted by Gasteiger charge is -2.07. The zero-order valence-corrected chi connectivity index (χ0v) is 28.4. The molecule has 0 spiro atoms. The van der Waals surface area contributed by atoms with Crippen LogP contribution in [0.3, 0.4) is 0 Å². The molecule has 6 aromatic rings. The molecule has 0 N–H and O–H groups in total. The summed E-state index contributed by atoms with van der Waals surface area (Å²) in [5.74, 6) is 1.37. The molecule has 228 valence electrons. The van der Waals surface area contributed by atoms with E-state index in [-0.39, 0.29) is 11.4 Å². The van der Waals surface area contributed by atoms with Crippen molar-refractivity contribution in [2.24, 2.45) is 24.1 Å². The second kappa shape index (κ2) is 12.8. The number of ether oxygens (including phenoxy) is 2. The van der Waals surface area contributed by atoms with Crippen molar-refractivity contribution in [3.8, 4) is 56.9 Å². The number of thiophene rings is 4. The van der Waals surface area contributed by atoms with Crippen LogP contribution in [0.25, 0.3) is 51.0 Å². The predicted octanol–water partition coefficient (Wildman–Crippen LogP) is 9.22. The van der Waals surface area contributed by atoms with Crippen molar-refractivity contribution in [2.45, 2.75) is 26.7 Å². The molecule has 6 rings (SSSR count). The molecule has 0 aliphatic rings. The summed E-state index contributed by atoms with van der Waals surface area (Å²) < 4.78 is 21.2. The Labute approximate surface area is 280 Å². The molecule has 0 aromatic carbocycles. The van der Waals surface area contributed by atoms with E-state index in [1.165, 1.54) is 32.1 Å². The third-order valence-electron chi connectivity index (χ3n) is 7.08. The minimum atomic E-state index is -0.196. The second-order valence-corrected chi connectivity index (χ2v) is 14.3. The average molecular weight is 681 g/mol. The fraction of sp³-hybridized carbons (Fsp3) is 0.250. The number of hydrogen-bond acceptors (Lipinski definition) is 12. The molecule has 14 heteroatoms. The quantitative estimate of drug-likeness (QED) is 0.132. The molecule has 0 amide bonds. The van der Waals surface area contributed by atoms with Gasteiger partial charge in [0.25, 0.3) is 0 Å². The van der Waals surface area contributed by atoms with Gasteiger partial charge < -0.3 is 18.6 Å². The van der Waals surface area contributed by atoms with Crippen LogP contribution in [0, 0.1) is 45.3 Å². The van der Waals surface area contributed by atoms with Gasteiger partial charge in [0.05, 0.1) is 64.2 Å². The fourth-order valence-corrected chi connectivity index (χ4v) is 10.1. The van der Waals surface area contributed by atoms with Crippen LogP contribution in [0.5, 0.6) is 11.5 Å². The molecule has 0 atom stereocenters. The summed E-state index contributed by atoms with van der Waals surface area (Å²) in [6.45, 7) is 5.17. The van der Waals surface area contributed by atoms with Gasteiger partial charge in [-0.15, -0.1) is 45.3 Å². The minimum Gasteiger partial charge on any atom is -0.492 e. The maximum atomic E-state index is 9.21. The first-order chi connectivity index (χ1) is 22.3. The van der Waals surface area contributed by atoms with Crippen LogP contribution in [0.4, 0.5) is 10.0 Å². The van der Waals surface area contributed by atoms with Crippen LogP contribution < -0.4 is 9.47 Å². The van der Waals surface area contributed by atoms with Gasteiger partial charge in [-0.1, -0.05) is 13.8 Å². The lowest BCUT2D eigenvalue weighted by Crippen LogP contribution is -1.96. The van der Waals surface area contributed by atoms with Gasteiger partial charge in [0.15, 0.2) is 0 Å². The van der Waals surface area contributed by atoms with Crippen LogP contribution in [0.1, 0.15) is 26.7 Å². The second-order valence-electron chi connectivity index (χ2n) is 10.1. The standard InChI is InChI=1S/C32H24N8O2S4/c1-5-7-41-21-11-25(37-17(13-33)14-34)45-29(21)19-9-23-27(39(19)3)31-32(43-23)28-24(44-31)10-20(40(28)4)30-22(42-8-6-2)12-26(46-30)38-18(15-35)16-36/h9-12H,5-8H2,1-4H3. The fourth-order valence-electron chi connectivity index (χ4n) is 5.09. The summed E-state index contributed by atoms with van der Waals surface area (Å²) in [5, 5.41) is 37.9. The first kappa shape index (κ1) is 31.0. The van der Waals surface area contributed by atoms with Crippen molar-refractivity contribution in [1.29, 1.82) is 21.0 Å². The third kappa shape index (κ3) is 5.32. The van der Waals surface area contributed by atoms with E-state index < -0.39 is 0 Å². The number of fused-ring (bicyclic) bond motifs is 5. The number of nitrogens with zero attached hydrogens (tertiary/aromatic N) is 8. The van der Waals surface area contributed by atoms with E-state index in [4.69, 9.17) is 9.47 Å². The Kier molecular flexibility index (Phi) is 8.64. The number of hydrogen-bond donors (Lipinski definition) is 0. The average Bonchev–Trinajstić information content (AvgIpc) is 3.89. The van der Waals surface area contributed by atoms with Crippen molar-refractivity contribution >= 4 is 96.6 Å². The first-order valence-corrected chi connectivity index (χ1v) is 17.4. The summed E-state index contributed by atoms with van der Waals surface area (Å²) in [5.41, 5.74) is 3.83. The van der Waals surface area contributed by atoms with Crippen LogP contribution in [-0.4, -0.2) is 33.8 Å². The third-order valence-corrected chi connectivity index (χ3v) is 11.5. The summed E-state index contributed by atoms with van der Waals surface area (Å²) in [7, 11) is 4.09. The molecular weight excluding hydrogens is 657 g/mol. The largest absolute Gasteiger partial charge is 0.492 e. The first-order valence-electron chi connectivity index (χ1n) is 14.2. The number of aliphatic imine (C=N–C) groups is 2. The van der Waals surface area contributed by atoms with Gasteiger partial charge in [-0.25, -0.2) is 9.98 Å². The number of aryl methyl sites for hydroxylation is 2. The smallest absolute Gasteiger partial charge is 0.219 e. The zero-order valence-electron chi connectivity index (χ0n) is 25.2. The molecule has 0 fully saturated rings. The topological polar surface area (TPSA) is 148 Å². The maximum absolute atomic E-state index is 9.21. The number of nitriles is 4. The summed E-state index contributed by atoms with van der Waals surface area (Å²) in [4.78, 5) is 10.2. The van der Waals surface area contributed by atoms with Crippen molar-refractivity contribution in [3.63, 3.8) is 0 Å². The van der Waals surface area contributed by atoms with Gasteiger partial charge in [-0.05, 0) is 25.0 Å². The Morgan fingerprint density at radius 2 is 1.04 bits per heavy atom. The van der Waals surface area contributed by atoms with E-state index in [0.29, 0.717) is 34.7 Å². The lowest BCUT2D eigenvalue weighted by molar-refractivity contribution is 0.319. The van der Waals surface area contributed by atoms with E-state index in [1.54, 1.807) is 34.8 Å². The molecule has 0 radical (unpaired) electrons. The minimum absolute atomic E-state index is 0.196. The highest BCUT2D eigenvalue weighted by atomic mass is 32.1. The van der Waals surface area contributed by atoms with Gasteiger partial charge in [0, 0.05) is 26.2 Å². The van der Waals surface area contributed by atoms with Crippen LogP contribution >= 0.6 is 45.3 Å². The Morgan fingerprint density at radius 1 is 0.652 bits per heavy atom. The van der Waals surface area contributed by atoms with Crippen molar-refractivity contribution in [3.05, 3.63) is 24.3 Å². The lowest BCUT2D eigenvalue weighted by atomic mass is 10.3. The molecular formula is C32H24N8O2S4. The highest BCUT2D eigenvalue weighted by molar-refractivity contribution is 7.36. The zero-order chi connectivity index (χ0) is 32.5. The van der Waals surface area contributed by atoms with Gasteiger partial charge >= 0.3 is 0 Å². The van der Waals surface area contributed by atoms with Crippen LogP contribution in [-0.2, 0) is 14.1 Å². The molecule has 6 heterocycles. The molecule has 46 heavy (non-hydrogen) atoms. The van der Waals surface area contributed by atoms with Gasteiger partial charge in [-0.2, -0.15) is 21.0 Å². The Bertz CT molecular complexity index is 2180. The van der Waals surface area contributed by atoms with E-state index in [9.17, 15) is 21.0 Å². The van der Waals surface area contributed by atoms with E-state index >= 15 is 0 Å². The summed E-state index contributed by atoms with van der Waals surface area (Å²) >= 11 is 6.26. The SMILES string of the molecule is CCCOc1cc(N=C(C#N)C#N)sc1-c1cc2sc3c(sc4cc(-c5sc(N=C(C#N)C#N)cc5OCCC)n(C)c43)c2n1C. The van der Waals surface area contributed by atoms with Gasteiger partial charge in [0.2, 0.25) is 11.4 Å². The van der Waals surface area contributed by atoms with Crippen LogP contribution in [0.15, 0.2) is 34.3 Å². The Morgan fingerprint density at radius 3 is 1.39 bits per heavy atom. The van der Waals surface area contributed by atoms with Gasteiger partial charge in [0.1, 0.15) is 45.8 Å². The molecule has 0 saturated heterocycles. The highest BCUT2D eigenvalue weighted by Gasteiger charge is 2.25. The Hall–Kier alpha value is -4.96. The van der Waals surface area contributed by atoms with Crippen molar-refractivity contribution < 1.29 is 9.47 Å². The molecule has 0 saturated carbocycles. The van der Waals surface area contributed by atoms with Crippen molar-refractivity contribution in [2.75, 3.05) is 13.2 Å². The molecule has 6 aromatic heterocycles. The molecule has 0 unspecified atom stereocenters. The van der Waals surface area contributed by atoms with E-state index in [2.05, 4.69) is 31.3 Å².